The lowest BCUT2D eigenvalue weighted by atomic mass is 9.95. The smallest absolute Gasteiger partial charge is 0.310 e. The molecule has 2 aromatic rings. The number of halogens is 1. The first-order chi connectivity index (χ1) is 20.3. The van der Waals surface area contributed by atoms with E-state index in [0.717, 1.165) is 5.56 Å². The van der Waals surface area contributed by atoms with Gasteiger partial charge in [-0.05, 0) is 43.5 Å². The molecule has 4 amide bonds. The van der Waals surface area contributed by atoms with Crippen LogP contribution in [-0.4, -0.2) is 65.5 Å². The topological polar surface area (TPSA) is 143 Å². The van der Waals surface area contributed by atoms with Crippen molar-refractivity contribution in [3.05, 3.63) is 64.7 Å². The van der Waals surface area contributed by atoms with E-state index in [9.17, 15) is 24.0 Å². The number of cyclic esters (lactones) is 1. The van der Waals surface area contributed by atoms with E-state index in [-0.39, 0.29) is 29.5 Å². The van der Waals surface area contributed by atoms with E-state index in [4.69, 9.17) is 21.1 Å². The van der Waals surface area contributed by atoms with Crippen molar-refractivity contribution in [1.82, 2.24) is 15.5 Å². The summed E-state index contributed by atoms with van der Waals surface area (Å²) in [6.45, 7) is 7.41. The average Bonchev–Trinajstić information content (AvgIpc) is 3.59. The number of ether oxygens (including phenoxy) is 2. The molecule has 2 aliphatic heterocycles. The molecule has 12 heteroatoms. The van der Waals surface area contributed by atoms with E-state index in [0.29, 0.717) is 25.1 Å². The lowest BCUT2D eigenvalue weighted by molar-refractivity contribution is -0.168. The Morgan fingerprint density at radius 1 is 1.12 bits per heavy atom. The molecule has 230 valence electrons. The summed E-state index contributed by atoms with van der Waals surface area (Å²) in [5.41, 5.74) is 0.848. The summed E-state index contributed by atoms with van der Waals surface area (Å²) in [5, 5.41) is 8.42. The number of anilines is 1. The molecule has 0 bridgehead atoms. The fraction of sp³-hybridized carbons (Fsp3) is 0.452. The lowest BCUT2D eigenvalue weighted by Crippen LogP contribution is -2.54. The number of nitrogens with one attached hydrogen (secondary N) is 3. The molecule has 0 saturated carbocycles. The number of nitrogens with zero attached hydrogens (tertiary/aromatic N) is 1. The van der Waals surface area contributed by atoms with Gasteiger partial charge < -0.3 is 30.3 Å². The Morgan fingerprint density at radius 2 is 1.84 bits per heavy atom. The van der Waals surface area contributed by atoms with Gasteiger partial charge >= 0.3 is 5.97 Å². The summed E-state index contributed by atoms with van der Waals surface area (Å²) in [4.78, 5) is 65.2. The van der Waals surface area contributed by atoms with Crippen molar-refractivity contribution >= 4 is 46.9 Å². The van der Waals surface area contributed by atoms with Crippen LogP contribution in [0.4, 0.5) is 5.69 Å². The minimum Gasteiger partial charge on any atom is -0.433 e. The average molecular weight is 613 g/mol. The van der Waals surface area contributed by atoms with Crippen molar-refractivity contribution in [3.63, 3.8) is 0 Å². The summed E-state index contributed by atoms with van der Waals surface area (Å²) in [5.74, 6) is -2.07. The molecule has 0 spiro atoms. The van der Waals surface area contributed by atoms with Gasteiger partial charge in [-0.2, -0.15) is 0 Å². The first-order valence-corrected chi connectivity index (χ1v) is 14.6. The van der Waals surface area contributed by atoms with E-state index in [1.165, 1.54) is 23.1 Å². The summed E-state index contributed by atoms with van der Waals surface area (Å²) in [6, 6.07) is 11.4. The van der Waals surface area contributed by atoms with Crippen LogP contribution in [0.25, 0.3) is 0 Å². The fourth-order valence-electron chi connectivity index (χ4n) is 4.80. The fourth-order valence-corrected chi connectivity index (χ4v) is 5.03. The number of hydrogen-bond acceptors (Lipinski definition) is 7. The monoisotopic (exact) mass is 612 g/mol. The number of rotatable bonds is 9. The second-order valence-electron chi connectivity index (χ2n) is 11.8. The molecule has 0 radical (unpaired) electrons. The number of carbonyl (C=O) groups is 5. The third-order valence-corrected chi connectivity index (χ3v) is 7.58. The molecule has 4 atom stereocenters. The number of amides is 4. The second kappa shape index (κ2) is 13.6. The van der Waals surface area contributed by atoms with Crippen molar-refractivity contribution in [2.75, 3.05) is 11.9 Å². The first-order valence-electron chi connectivity index (χ1n) is 14.2. The summed E-state index contributed by atoms with van der Waals surface area (Å²) >= 11 is 6.31. The van der Waals surface area contributed by atoms with Gasteiger partial charge in [-0.1, -0.05) is 62.7 Å². The minimum atomic E-state index is -0.944. The number of benzene rings is 2. The summed E-state index contributed by atoms with van der Waals surface area (Å²) < 4.78 is 11.0. The predicted octanol–water partition coefficient (Wildman–Crippen LogP) is 3.41. The molecular weight excluding hydrogens is 576 g/mol. The van der Waals surface area contributed by atoms with Gasteiger partial charge in [0.1, 0.15) is 18.1 Å². The van der Waals surface area contributed by atoms with Crippen molar-refractivity contribution in [2.45, 2.75) is 78.0 Å². The largest absolute Gasteiger partial charge is 0.433 e. The number of esters is 1. The Morgan fingerprint density at radius 3 is 2.51 bits per heavy atom. The van der Waals surface area contributed by atoms with Gasteiger partial charge in [0, 0.05) is 17.5 Å². The highest BCUT2D eigenvalue weighted by Crippen LogP contribution is 2.26. The Labute approximate surface area is 255 Å². The van der Waals surface area contributed by atoms with Crippen molar-refractivity contribution in [1.29, 1.82) is 0 Å². The maximum absolute atomic E-state index is 13.3. The molecule has 2 fully saturated rings. The molecule has 43 heavy (non-hydrogen) atoms. The summed E-state index contributed by atoms with van der Waals surface area (Å²) in [7, 11) is 0. The highest BCUT2D eigenvalue weighted by molar-refractivity contribution is 6.34. The Balaban J connectivity index is 1.33. The quantitative estimate of drug-likeness (QED) is 0.368. The minimum absolute atomic E-state index is 0.0421. The van der Waals surface area contributed by atoms with Crippen LogP contribution in [0, 0.1) is 5.41 Å². The molecule has 2 aliphatic rings. The highest BCUT2D eigenvalue weighted by atomic mass is 35.5. The molecule has 2 saturated heterocycles. The zero-order valence-electron chi connectivity index (χ0n) is 24.6. The predicted molar refractivity (Wildman–Crippen MR) is 159 cm³/mol. The zero-order valence-corrected chi connectivity index (χ0v) is 25.4. The Hall–Kier alpha value is -3.96. The van der Waals surface area contributed by atoms with Crippen LogP contribution in [0.15, 0.2) is 48.5 Å². The number of likely N-dealkylation sites (tertiary alicyclic amines) is 1. The van der Waals surface area contributed by atoms with Gasteiger partial charge in [0.2, 0.25) is 24.0 Å². The number of carbonyl (C=O) groups excluding carboxylic acids is 5. The van der Waals surface area contributed by atoms with E-state index in [1.807, 2.05) is 30.3 Å². The Bertz CT molecular complexity index is 1380. The third-order valence-electron chi connectivity index (χ3n) is 7.26. The molecule has 0 unspecified atom stereocenters. The van der Waals surface area contributed by atoms with Gasteiger partial charge in [-0.25, -0.2) is 0 Å². The van der Waals surface area contributed by atoms with E-state index < -0.39 is 53.5 Å². The van der Waals surface area contributed by atoms with E-state index >= 15 is 0 Å². The molecule has 11 nitrogen and oxygen atoms in total. The van der Waals surface area contributed by atoms with Crippen LogP contribution < -0.4 is 16.0 Å². The lowest BCUT2D eigenvalue weighted by Gasteiger charge is -2.28. The Kier molecular flexibility index (Phi) is 10.1. The van der Waals surface area contributed by atoms with Crippen molar-refractivity contribution in [3.8, 4) is 0 Å². The standard InChI is InChI=1S/C31H37ClN4O7/c1-18(33-26(38)20-12-13-22(21(32)15-20)35-30(41)31(2,3)4)28(40)36-14-8-11-24(36)27(39)34-23-16-25(37)43-29(23)42-17-19-9-6-5-7-10-19/h5-7,9-10,12-13,15,18,23-24,29H,8,11,14,16-17H2,1-4H3,(H,33,38)(H,34,39)(H,35,41)/t18-,23-,24-,29+/m0/s1. The van der Waals surface area contributed by atoms with Crippen molar-refractivity contribution in [2.24, 2.45) is 5.41 Å². The maximum Gasteiger partial charge on any atom is 0.310 e. The molecule has 2 heterocycles. The zero-order chi connectivity index (χ0) is 31.3. The van der Waals surface area contributed by atoms with Gasteiger partial charge in [-0.3, -0.25) is 24.0 Å². The third kappa shape index (κ3) is 8.11. The van der Waals surface area contributed by atoms with E-state index in [2.05, 4.69) is 16.0 Å². The van der Waals surface area contributed by atoms with Gasteiger partial charge in [0.15, 0.2) is 0 Å². The molecule has 0 aromatic heterocycles. The molecule has 2 aromatic carbocycles. The van der Waals surface area contributed by atoms with Crippen molar-refractivity contribution < 1.29 is 33.4 Å². The maximum atomic E-state index is 13.3. The first kappa shape index (κ1) is 32.0. The molecule has 3 N–H and O–H groups in total. The van der Waals surface area contributed by atoms with Gasteiger partial charge in [0.05, 0.1) is 23.7 Å². The van der Waals surface area contributed by atoms with Crippen LogP contribution in [0.2, 0.25) is 5.02 Å². The molecule has 0 aliphatic carbocycles. The highest BCUT2D eigenvalue weighted by Gasteiger charge is 2.41. The molecule has 4 rings (SSSR count). The van der Waals surface area contributed by atoms with Crippen LogP contribution in [0.1, 0.15) is 62.9 Å². The summed E-state index contributed by atoms with van der Waals surface area (Å²) in [6.07, 6.45) is 0.0580. The molecular formula is C31H37ClN4O7. The van der Waals surface area contributed by atoms with E-state index in [1.54, 1.807) is 27.7 Å². The second-order valence-corrected chi connectivity index (χ2v) is 12.2. The SMILES string of the molecule is C[C@H](NC(=O)c1ccc(NC(=O)C(C)(C)C)c(Cl)c1)C(=O)N1CCC[C@H]1C(=O)N[C@H]1CC(=O)O[C@H]1OCc1ccccc1. The van der Waals surface area contributed by atoms with Crippen LogP contribution in [0.5, 0.6) is 0 Å². The van der Waals surface area contributed by atoms with Crippen LogP contribution in [-0.2, 0) is 35.3 Å². The van der Waals surface area contributed by atoms with Gasteiger partial charge in [-0.15, -0.1) is 0 Å². The van der Waals surface area contributed by atoms with Gasteiger partial charge in [0.25, 0.3) is 5.91 Å². The van der Waals surface area contributed by atoms with Crippen LogP contribution in [0.3, 0.4) is 0 Å². The number of hydrogen-bond donors (Lipinski definition) is 3. The normalized spacial score (nSPS) is 20.7. The van der Waals surface area contributed by atoms with Crippen LogP contribution >= 0.6 is 11.6 Å².